The predicted molar refractivity (Wildman–Crippen MR) is 126 cm³/mol. The normalized spacial score (nSPS) is 20.8. The van der Waals surface area contributed by atoms with Crippen molar-refractivity contribution in [2.45, 2.75) is 12.3 Å². The second-order valence-corrected chi connectivity index (χ2v) is 8.96. The van der Waals surface area contributed by atoms with Gasteiger partial charge in [0, 0.05) is 73.6 Å². The van der Waals surface area contributed by atoms with E-state index in [1.807, 2.05) is 47.0 Å². The maximum Gasteiger partial charge on any atom is 0.490 e. The number of carbonyl (C=O) groups excluding carboxylic acids is 2. The molecule has 2 aliphatic heterocycles. The van der Waals surface area contributed by atoms with E-state index < -0.39 is 12.1 Å². The Kier molecular flexibility index (Phi) is 7.48. The van der Waals surface area contributed by atoms with Gasteiger partial charge in [-0.15, -0.1) is 0 Å². The number of pyridine rings is 1. The molecule has 0 spiro atoms. The number of aliphatic carboxylic acids is 1. The van der Waals surface area contributed by atoms with Crippen LogP contribution in [0.2, 0.25) is 0 Å². The molecule has 0 bridgehead atoms. The lowest BCUT2D eigenvalue weighted by molar-refractivity contribution is -0.192. The zero-order valence-corrected chi connectivity index (χ0v) is 19.8. The minimum atomic E-state index is -5.08. The van der Waals surface area contributed by atoms with Gasteiger partial charge in [-0.3, -0.25) is 14.6 Å². The summed E-state index contributed by atoms with van der Waals surface area (Å²) in [4.78, 5) is 40.1. The molecule has 9 nitrogen and oxygen atoms in total. The second-order valence-electron chi connectivity index (χ2n) is 8.96. The van der Waals surface area contributed by atoms with Crippen molar-refractivity contribution < 1.29 is 37.4 Å². The van der Waals surface area contributed by atoms with Crippen molar-refractivity contribution >= 4 is 28.7 Å². The monoisotopic (exact) mass is 518 g/mol. The molecule has 2 saturated heterocycles. The van der Waals surface area contributed by atoms with Crippen LogP contribution in [0.4, 0.5) is 13.2 Å². The number of nitrogens with zero attached hydrogens (tertiary/aromatic N) is 3. The standard InChI is InChI=1S/C23H24N4O3.C2HF3O2/c1-26-8-6-15-9-16(4-5-20(15)26)23(29)27-12-19-18(14-30-21(19)13-27)11-25-22(28)17-3-2-7-24-10-17;3-2(4,5)1(6)7/h2-10,18-19,21H,11-14H2,1H3,(H,25,28);(H,6,7)/t18-,19+,21+;/m0./s1. The average Bonchev–Trinajstić information content (AvgIpc) is 3.57. The molecule has 2 aromatic heterocycles. The van der Waals surface area contributed by atoms with E-state index in [0.717, 1.165) is 10.9 Å². The van der Waals surface area contributed by atoms with Crippen molar-refractivity contribution in [1.82, 2.24) is 19.8 Å². The smallest absolute Gasteiger partial charge is 0.475 e. The first-order valence-corrected chi connectivity index (χ1v) is 11.5. The Labute approximate surface area is 209 Å². The predicted octanol–water partition coefficient (Wildman–Crippen LogP) is 2.72. The van der Waals surface area contributed by atoms with Gasteiger partial charge in [-0.1, -0.05) is 0 Å². The molecule has 37 heavy (non-hydrogen) atoms. The van der Waals surface area contributed by atoms with Gasteiger partial charge in [-0.25, -0.2) is 4.79 Å². The molecular formula is C25H25F3N4O5. The summed E-state index contributed by atoms with van der Waals surface area (Å²) < 4.78 is 39.7. The molecule has 2 aliphatic rings. The second kappa shape index (κ2) is 10.6. The van der Waals surface area contributed by atoms with Crippen molar-refractivity contribution in [1.29, 1.82) is 0 Å². The van der Waals surface area contributed by atoms with Crippen molar-refractivity contribution in [3.05, 3.63) is 66.1 Å². The number of likely N-dealkylation sites (tertiary alicyclic amines) is 1. The number of ether oxygens (including phenoxy) is 1. The highest BCUT2D eigenvalue weighted by atomic mass is 19.4. The fraction of sp³-hybridized carbons (Fsp3) is 0.360. The molecule has 5 rings (SSSR count). The average molecular weight is 518 g/mol. The number of alkyl halides is 3. The van der Waals surface area contributed by atoms with E-state index in [9.17, 15) is 22.8 Å². The SMILES string of the molecule is Cn1ccc2cc(C(=O)N3C[C@@H]4[C@@H](CNC(=O)c5cccnc5)CO[C@@H]4C3)ccc21.O=C(O)C(F)(F)F. The molecular weight excluding hydrogens is 493 g/mol. The van der Waals surface area contributed by atoms with Gasteiger partial charge in [-0.05, 0) is 36.4 Å². The van der Waals surface area contributed by atoms with Gasteiger partial charge in [0.15, 0.2) is 0 Å². The van der Waals surface area contributed by atoms with Gasteiger partial charge in [0.2, 0.25) is 0 Å². The van der Waals surface area contributed by atoms with E-state index in [0.29, 0.717) is 37.4 Å². The Bertz CT molecular complexity index is 1290. The maximum atomic E-state index is 13.1. The Balaban J connectivity index is 0.000000405. The summed E-state index contributed by atoms with van der Waals surface area (Å²) >= 11 is 0. The largest absolute Gasteiger partial charge is 0.490 e. The number of benzene rings is 1. The Morgan fingerprint density at radius 1 is 1.16 bits per heavy atom. The number of carboxylic acid groups (broad SMARTS) is 1. The van der Waals surface area contributed by atoms with E-state index in [2.05, 4.69) is 10.3 Å². The first-order chi connectivity index (χ1) is 17.5. The van der Waals surface area contributed by atoms with Crippen LogP contribution in [0.1, 0.15) is 20.7 Å². The van der Waals surface area contributed by atoms with Crippen LogP contribution < -0.4 is 5.32 Å². The van der Waals surface area contributed by atoms with Gasteiger partial charge in [0.25, 0.3) is 11.8 Å². The molecule has 2 fully saturated rings. The third-order valence-corrected chi connectivity index (χ3v) is 6.55. The molecule has 3 atom stereocenters. The number of nitrogens with one attached hydrogen (secondary N) is 1. The summed E-state index contributed by atoms with van der Waals surface area (Å²) in [7, 11) is 2.00. The number of aryl methyl sites for hydroxylation is 1. The van der Waals surface area contributed by atoms with Gasteiger partial charge in [0.05, 0.1) is 18.3 Å². The van der Waals surface area contributed by atoms with Crippen molar-refractivity contribution in [3.8, 4) is 0 Å². The topological polar surface area (TPSA) is 114 Å². The lowest BCUT2D eigenvalue weighted by Crippen LogP contribution is -2.35. The van der Waals surface area contributed by atoms with Crippen LogP contribution in [0, 0.1) is 11.8 Å². The van der Waals surface area contributed by atoms with Crippen LogP contribution in [0.3, 0.4) is 0 Å². The Hall–Kier alpha value is -3.93. The lowest BCUT2D eigenvalue weighted by Gasteiger charge is -2.20. The summed E-state index contributed by atoms with van der Waals surface area (Å²) in [5.41, 5.74) is 2.36. The van der Waals surface area contributed by atoms with Crippen LogP contribution in [-0.4, -0.2) is 75.9 Å². The number of carbonyl (C=O) groups is 3. The number of aromatic nitrogens is 2. The lowest BCUT2D eigenvalue weighted by atomic mass is 9.93. The molecule has 1 aromatic carbocycles. The summed E-state index contributed by atoms with van der Waals surface area (Å²) in [6.45, 7) is 2.40. The molecule has 2 amide bonds. The first-order valence-electron chi connectivity index (χ1n) is 11.5. The molecule has 196 valence electrons. The maximum absolute atomic E-state index is 13.1. The van der Waals surface area contributed by atoms with E-state index in [-0.39, 0.29) is 29.8 Å². The number of rotatable bonds is 4. The quantitative estimate of drug-likeness (QED) is 0.549. The van der Waals surface area contributed by atoms with Crippen LogP contribution in [-0.2, 0) is 16.6 Å². The van der Waals surface area contributed by atoms with Gasteiger partial charge in [0.1, 0.15) is 0 Å². The van der Waals surface area contributed by atoms with Crippen LogP contribution in [0.15, 0.2) is 55.0 Å². The summed E-state index contributed by atoms with van der Waals surface area (Å²) in [6, 6.07) is 11.4. The third kappa shape index (κ3) is 5.91. The number of carboxylic acids is 1. The van der Waals surface area contributed by atoms with E-state index in [4.69, 9.17) is 14.6 Å². The van der Waals surface area contributed by atoms with E-state index in [1.54, 1.807) is 24.5 Å². The van der Waals surface area contributed by atoms with E-state index in [1.165, 1.54) is 0 Å². The zero-order chi connectivity index (χ0) is 26.7. The molecule has 4 heterocycles. The fourth-order valence-electron chi connectivity index (χ4n) is 4.60. The molecule has 0 saturated carbocycles. The molecule has 0 radical (unpaired) electrons. The van der Waals surface area contributed by atoms with Gasteiger partial charge >= 0.3 is 12.1 Å². The van der Waals surface area contributed by atoms with Crippen LogP contribution in [0.5, 0.6) is 0 Å². The number of amides is 2. The Morgan fingerprint density at radius 3 is 2.59 bits per heavy atom. The third-order valence-electron chi connectivity index (χ3n) is 6.55. The van der Waals surface area contributed by atoms with Crippen molar-refractivity contribution in [2.75, 3.05) is 26.2 Å². The molecule has 0 unspecified atom stereocenters. The first kappa shape index (κ1) is 26.1. The number of fused-ring (bicyclic) bond motifs is 2. The van der Waals surface area contributed by atoms with E-state index >= 15 is 0 Å². The highest BCUT2D eigenvalue weighted by Crippen LogP contribution is 2.34. The van der Waals surface area contributed by atoms with Crippen LogP contribution >= 0.6 is 0 Å². The summed E-state index contributed by atoms with van der Waals surface area (Å²) in [5.74, 6) is -2.41. The zero-order valence-electron chi connectivity index (χ0n) is 19.8. The van der Waals surface area contributed by atoms with Crippen molar-refractivity contribution in [2.24, 2.45) is 18.9 Å². The molecule has 2 N–H and O–H groups in total. The highest BCUT2D eigenvalue weighted by Gasteiger charge is 2.45. The molecule has 3 aromatic rings. The van der Waals surface area contributed by atoms with Gasteiger partial charge < -0.3 is 24.6 Å². The fourth-order valence-corrected chi connectivity index (χ4v) is 4.60. The van der Waals surface area contributed by atoms with Crippen LogP contribution in [0.25, 0.3) is 10.9 Å². The Morgan fingerprint density at radius 2 is 1.92 bits per heavy atom. The number of halogens is 3. The summed E-state index contributed by atoms with van der Waals surface area (Å²) in [5, 5.41) is 11.2. The molecule has 0 aliphatic carbocycles. The van der Waals surface area contributed by atoms with Crippen molar-refractivity contribution in [3.63, 3.8) is 0 Å². The minimum absolute atomic E-state index is 0.0368. The van der Waals surface area contributed by atoms with Gasteiger partial charge in [-0.2, -0.15) is 13.2 Å². The summed E-state index contributed by atoms with van der Waals surface area (Å²) in [6.07, 6.45) is 0.154. The number of hydrogen-bond acceptors (Lipinski definition) is 5. The molecule has 12 heteroatoms. The highest BCUT2D eigenvalue weighted by molar-refractivity contribution is 5.98. The number of hydrogen-bond donors (Lipinski definition) is 2. The minimum Gasteiger partial charge on any atom is -0.475 e.